The maximum Gasteiger partial charge on any atom is 0.263 e. The fraction of sp³-hybridized carbons (Fsp3) is 0.467. The number of aryl methyl sites for hydroxylation is 1. The summed E-state index contributed by atoms with van der Waals surface area (Å²) in [6.45, 7) is 3.80. The fourth-order valence-electron chi connectivity index (χ4n) is 1.55. The Hall–Kier alpha value is -1.82. The summed E-state index contributed by atoms with van der Waals surface area (Å²) in [5.41, 5.74) is 0.963. The predicted molar refractivity (Wildman–Crippen MR) is 79.4 cm³/mol. The Labute approximate surface area is 123 Å². The van der Waals surface area contributed by atoms with Crippen molar-refractivity contribution in [2.75, 3.05) is 13.7 Å². The first-order valence-corrected chi connectivity index (χ1v) is 7.17. The van der Waals surface area contributed by atoms with Crippen LogP contribution in [0.5, 0.6) is 0 Å². The molecule has 0 spiro atoms. The molecule has 0 saturated carbocycles. The van der Waals surface area contributed by atoms with Crippen LogP contribution in [0.15, 0.2) is 6.07 Å². The van der Waals surface area contributed by atoms with Crippen LogP contribution in [0.25, 0.3) is 0 Å². The van der Waals surface area contributed by atoms with E-state index < -0.39 is 0 Å². The van der Waals surface area contributed by atoms with E-state index in [0.29, 0.717) is 17.7 Å². The molecule has 1 unspecified atom stereocenters. The Bertz CT molecular complexity index is 575. The Morgan fingerprint density at radius 1 is 1.60 bits per heavy atom. The summed E-state index contributed by atoms with van der Waals surface area (Å²) in [6.07, 6.45) is 0.746. The van der Waals surface area contributed by atoms with Crippen LogP contribution < -0.4 is 0 Å². The molecule has 0 aromatic carbocycles. The molecule has 4 nitrogen and oxygen atoms in total. The summed E-state index contributed by atoms with van der Waals surface area (Å²) in [6, 6.07) is 3.78. The second-order valence-electron chi connectivity index (χ2n) is 4.53. The summed E-state index contributed by atoms with van der Waals surface area (Å²) >= 11 is 1.35. The van der Waals surface area contributed by atoms with Crippen LogP contribution in [0.2, 0.25) is 0 Å². The zero-order valence-electron chi connectivity index (χ0n) is 11.9. The number of carbonyl (C=O) groups is 1. The van der Waals surface area contributed by atoms with Crippen molar-refractivity contribution in [2.24, 2.45) is 0 Å². The highest BCUT2D eigenvalue weighted by molar-refractivity contribution is 7.14. The van der Waals surface area contributed by atoms with Gasteiger partial charge in [-0.05, 0) is 25.5 Å². The molecule has 1 N–H and O–H groups in total. The minimum absolute atomic E-state index is 0.0393. The molecule has 0 bridgehead atoms. The summed E-state index contributed by atoms with van der Waals surface area (Å²) in [7, 11) is 1.70. The van der Waals surface area contributed by atoms with Crippen molar-refractivity contribution >= 4 is 17.2 Å². The predicted octanol–water partition coefficient (Wildman–Crippen LogP) is 2.16. The monoisotopic (exact) mass is 290 g/mol. The van der Waals surface area contributed by atoms with E-state index in [-0.39, 0.29) is 18.6 Å². The minimum atomic E-state index is -0.112. The smallest absolute Gasteiger partial charge is 0.263 e. The van der Waals surface area contributed by atoms with Crippen molar-refractivity contribution < 1.29 is 9.90 Å². The number of aliphatic hydroxyl groups excluding tert-OH is 1. The molecule has 1 atom stereocenters. The highest BCUT2D eigenvalue weighted by Crippen LogP contribution is 2.23. The lowest BCUT2D eigenvalue weighted by molar-refractivity contribution is 0.0751. The van der Waals surface area contributed by atoms with E-state index in [9.17, 15) is 4.79 Å². The molecular formula is C15H18N2O2S. The van der Waals surface area contributed by atoms with Crippen LogP contribution in [-0.2, 0) is 0 Å². The third kappa shape index (κ3) is 4.09. The van der Waals surface area contributed by atoms with Gasteiger partial charge >= 0.3 is 0 Å². The minimum Gasteiger partial charge on any atom is -0.395 e. The normalized spacial score (nSPS) is 11.2. The average Bonchev–Trinajstić information content (AvgIpc) is 2.79. The number of nitriles is 1. The number of rotatable bonds is 4. The largest absolute Gasteiger partial charge is 0.395 e. The van der Waals surface area contributed by atoms with Gasteiger partial charge in [0.05, 0.1) is 28.9 Å². The lowest BCUT2D eigenvalue weighted by atomic mass is 10.2. The van der Waals surface area contributed by atoms with E-state index in [2.05, 4.69) is 17.9 Å². The molecule has 20 heavy (non-hydrogen) atoms. The molecule has 0 aliphatic rings. The van der Waals surface area contributed by atoms with Gasteiger partial charge in [0, 0.05) is 19.5 Å². The molecule has 0 aliphatic carbocycles. The summed E-state index contributed by atoms with van der Waals surface area (Å²) in [5.74, 6) is 5.74. The number of hydrogen-bond donors (Lipinski definition) is 1. The van der Waals surface area contributed by atoms with Gasteiger partial charge in [0.1, 0.15) is 0 Å². The van der Waals surface area contributed by atoms with Crippen molar-refractivity contribution in [2.45, 2.75) is 32.7 Å². The molecule has 0 saturated heterocycles. The molecule has 106 valence electrons. The van der Waals surface area contributed by atoms with Crippen molar-refractivity contribution in [3.05, 3.63) is 21.4 Å². The van der Waals surface area contributed by atoms with Crippen LogP contribution >= 0.6 is 11.3 Å². The molecular weight excluding hydrogens is 272 g/mol. The summed E-state index contributed by atoms with van der Waals surface area (Å²) in [5, 5.41) is 17.4. The van der Waals surface area contributed by atoms with Gasteiger partial charge in [-0.3, -0.25) is 4.79 Å². The number of carbonyl (C=O) groups excluding carboxylic acids is 1. The number of nitrogens with zero attached hydrogens (tertiary/aromatic N) is 2. The SMILES string of the molecule is Cc1cc(C(=O)N(C)C(C)CC#N)sc1C#CCCO. The van der Waals surface area contributed by atoms with E-state index in [1.165, 1.54) is 11.3 Å². The number of thiophene rings is 1. The average molecular weight is 290 g/mol. The maximum absolute atomic E-state index is 12.3. The first kappa shape index (κ1) is 16.2. The van der Waals surface area contributed by atoms with E-state index in [0.717, 1.165) is 10.4 Å². The van der Waals surface area contributed by atoms with E-state index in [4.69, 9.17) is 10.4 Å². The number of amides is 1. The Kier molecular flexibility index (Phi) is 6.24. The fourth-order valence-corrected chi connectivity index (χ4v) is 2.58. The lowest BCUT2D eigenvalue weighted by Crippen LogP contribution is -2.34. The Morgan fingerprint density at radius 2 is 2.30 bits per heavy atom. The molecule has 0 aliphatic heterocycles. The molecule has 1 aromatic heterocycles. The lowest BCUT2D eigenvalue weighted by Gasteiger charge is -2.22. The quantitative estimate of drug-likeness (QED) is 0.864. The van der Waals surface area contributed by atoms with Crippen molar-refractivity contribution in [1.82, 2.24) is 4.90 Å². The van der Waals surface area contributed by atoms with Gasteiger partial charge in [-0.2, -0.15) is 5.26 Å². The summed E-state index contributed by atoms with van der Waals surface area (Å²) < 4.78 is 0. The van der Waals surface area contributed by atoms with Gasteiger partial charge in [0.25, 0.3) is 5.91 Å². The first-order chi connectivity index (χ1) is 9.51. The van der Waals surface area contributed by atoms with Crippen LogP contribution in [-0.4, -0.2) is 35.6 Å². The van der Waals surface area contributed by atoms with E-state index in [1.54, 1.807) is 11.9 Å². The van der Waals surface area contributed by atoms with Crippen LogP contribution in [0.1, 0.15) is 39.9 Å². The summed E-state index contributed by atoms with van der Waals surface area (Å²) in [4.78, 5) is 15.4. The van der Waals surface area contributed by atoms with Crippen molar-refractivity contribution in [3.8, 4) is 17.9 Å². The van der Waals surface area contributed by atoms with Gasteiger partial charge in [-0.25, -0.2) is 0 Å². The van der Waals surface area contributed by atoms with Crippen molar-refractivity contribution in [1.29, 1.82) is 5.26 Å². The van der Waals surface area contributed by atoms with Crippen molar-refractivity contribution in [3.63, 3.8) is 0 Å². The standard InChI is InChI=1S/C15H18N2O2S/c1-11-10-14(20-13(11)6-4-5-9-18)15(19)17(3)12(2)7-8-16/h10,12,18H,5,7,9H2,1-3H3. The van der Waals surface area contributed by atoms with Crippen LogP contribution in [0.3, 0.4) is 0 Å². The van der Waals surface area contributed by atoms with Crippen LogP contribution in [0, 0.1) is 30.1 Å². The third-order valence-electron chi connectivity index (χ3n) is 2.94. The molecule has 1 heterocycles. The van der Waals surface area contributed by atoms with Gasteiger partial charge in [-0.1, -0.05) is 11.8 Å². The molecule has 0 fully saturated rings. The first-order valence-electron chi connectivity index (χ1n) is 6.35. The zero-order chi connectivity index (χ0) is 15.1. The van der Waals surface area contributed by atoms with Gasteiger partial charge in [0.15, 0.2) is 0 Å². The van der Waals surface area contributed by atoms with Gasteiger partial charge in [0.2, 0.25) is 0 Å². The molecule has 0 radical (unpaired) electrons. The van der Waals surface area contributed by atoms with E-state index in [1.807, 2.05) is 19.9 Å². The molecule has 1 amide bonds. The highest BCUT2D eigenvalue weighted by atomic mass is 32.1. The highest BCUT2D eigenvalue weighted by Gasteiger charge is 2.19. The van der Waals surface area contributed by atoms with E-state index >= 15 is 0 Å². The van der Waals surface area contributed by atoms with Gasteiger partial charge in [-0.15, -0.1) is 11.3 Å². The Balaban J connectivity index is 2.88. The number of hydrogen-bond acceptors (Lipinski definition) is 4. The number of aliphatic hydroxyl groups is 1. The molecule has 1 rings (SSSR count). The molecule has 5 heteroatoms. The topological polar surface area (TPSA) is 64.3 Å². The van der Waals surface area contributed by atoms with Gasteiger partial charge < -0.3 is 10.0 Å². The van der Waals surface area contributed by atoms with Crippen LogP contribution in [0.4, 0.5) is 0 Å². The maximum atomic E-state index is 12.3. The molecule has 1 aromatic rings. The second kappa shape index (κ2) is 7.69. The zero-order valence-corrected chi connectivity index (χ0v) is 12.8. The second-order valence-corrected chi connectivity index (χ2v) is 5.58. The Morgan fingerprint density at radius 3 is 2.90 bits per heavy atom. The third-order valence-corrected chi connectivity index (χ3v) is 4.08.